The summed E-state index contributed by atoms with van der Waals surface area (Å²) in [5.41, 5.74) is 2.66. The van der Waals surface area contributed by atoms with Gasteiger partial charge in [0.25, 0.3) is 5.91 Å². The molecule has 0 fully saturated rings. The van der Waals surface area contributed by atoms with E-state index in [1.807, 2.05) is 36.4 Å². The Balaban J connectivity index is 1.77. The average molecular weight is 379 g/mol. The first kappa shape index (κ1) is 18.9. The van der Waals surface area contributed by atoms with Crippen LogP contribution in [0.4, 0.5) is 10.5 Å². The van der Waals surface area contributed by atoms with Gasteiger partial charge >= 0.3 is 6.03 Å². The molecule has 6 heteroatoms. The molecule has 0 spiro atoms. The summed E-state index contributed by atoms with van der Waals surface area (Å²) in [7, 11) is 0. The number of thiol groups is 1. The lowest BCUT2D eigenvalue weighted by atomic mass is 9.87. The molecule has 1 N–H and O–H groups in total. The van der Waals surface area contributed by atoms with E-state index in [1.165, 1.54) is 0 Å². The summed E-state index contributed by atoms with van der Waals surface area (Å²) in [6.07, 6.45) is 1.65. The molecular weight excluding hydrogens is 358 g/mol. The van der Waals surface area contributed by atoms with Crippen molar-refractivity contribution in [2.75, 3.05) is 5.32 Å². The van der Waals surface area contributed by atoms with Gasteiger partial charge in [0.2, 0.25) is 0 Å². The normalized spacial score (nSPS) is 11.3. The van der Waals surface area contributed by atoms with Crippen molar-refractivity contribution in [1.82, 2.24) is 9.29 Å². The second-order valence-electron chi connectivity index (χ2n) is 7.26. The number of nitrogens with zero attached hydrogens (tertiary/aromatic N) is 2. The van der Waals surface area contributed by atoms with E-state index in [2.05, 4.69) is 43.9 Å². The molecule has 0 radical (unpaired) electrons. The molecule has 0 aliphatic heterocycles. The summed E-state index contributed by atoms with van der Waals surface area (Å²) in [5, 5.41) is 3.59. The van der Waals surface area contributed by atoms with Crippen LogP contribution >= 0.6 is 12.8 Å². The van der Waals surface area contributed by atoms with Gasteiger partial charge < -0.3 is 5.32 Å². The molecule has 0 aliphatic carbocycles. The fraction of sp³-hybridized carbons (Fsp3) is 0.190. The van der Waals surface area contributed by atoms with E-state index in [0.29, 0.717) is 16.8 Å². The molecule has 3 amide bonds. The highest BCUT2D eigenvalue weighted by molar-refractivity contribution is 7.79. The number of hydrogen-bond acceptors (Lipinski definition) is 4. The minimum Gasteiger partial charge on any atom is -0.305 e. The number of urea groups is 1. The van der Waals surface area contributed by atoms with Gasteiger partial charge in [0.15, 0.2) is 0 Å². The van der Waals surface area contributed by atoms with Crippen molar-refractivity contribution in [2.24, 2.45) is 0 Å². The third kappa shape index (κ3) is 4.11. The van der Waals surface area contributed by atoms with Crippen LogP contribution in [0.5, 0.6) is 0 Å². The highest BCUT2D eigenvalue weighted by Crippen LogP contribution is 2.24. The monoisotopic (exact) mass is 379 g/mol. The third-order valence-corrected chi connectivity index (χ3v) is 4.62. The molecule has 2 aromatic carbocycles. The number of fused-ring (bicyclic) bond motifs is 1. The molecule has 27 heavy (non-hydrogen) atoms. The van der Waals surface area contributed by atoms with Crippen molar-refractivity contribution in [3.05, 3.63) is 71.9 Å². The number of nitrogens with one attached hydrogen (secondary N) is 1. The van der Waals surface area contributed by atoms with Gasteiger partial charge in [-0.15, -0.1) is 0 Å². The molecule has 1 aromatic heterocycles. The molecule has 3 rings (SSSR count). The van der Waals surface area contributed by atoms with E-state index in [1.54, 1.807) is 24.4 Å². The van der Waals surface area contributed by atoms with E-state index in [9.17, 15) is 9.59 Å². The molecule has 0 atom stereocenters. The van der Waals surface area contributed by atoms with Crippen molar-refractivity contribution in [2.45, 2.75) is 26.2 Å². The minimum atomic E-state index is -0.638. The molecule has 0 unspecified atom stereocenters. The fourth-order valence-electron chi connectivity index (χ4n) is 2.70. The maximum atomic E-state index is 12.6. The second-order valence-corrected chi connectivity index (χ2v) is 7.66. The molecule has 3 aromatic rings. The minimum absolute atomic E-state index is 0.0129. The number of amides is 3. The fourth-order valence-corrected chi connectivity index (χ4v) is 2.87. The van der Waals surface area contributed by atoms with E-state index < -0.39 is 11.9 Å². The zero-order valence-corrected chi connectivity index (χ0v) is 16.3. The number of carbonyl (C=O) groups excluding carboxylic acids is 2. The van der Waals surface area contributed by atoms with Crippen LogP contribution in [0.25, 0.3) is 10.9 Å². The molecule has 1 heterocycles. The van der Waals surface area contributed by atoms with E-state index >= 15 is 0 Å². The van der Waals surface area contributed by atoms with Crippen molar-refractivity contribution in [1.29, 1.82) is 0 Å². The summed E-state index contributed by atoms with van der Waals surface area (Å²) in [6.45, 7) is 6.29. The number of carbonyl (C=O) groups is 2. The Morgan fingerprint density at radius 3 is 2.33 bits per heavy atom. The van der Waals surface area contributed by atoms with Gasteiger partial charge in [-0.05, 0) is 35.2 Å². The number of rotatable bonds is 2. The number of pyridine rings is 1. The summed E-state index contributed by atoms with van der Waals surface area (Å²) in [4.78, 5) is 29.3. The number of imide groups is 1. The predicted octanol–water partition coefficient (Wildman–Crippen LogP) is 5.05. The van der Waals surface area contributed by atoms with Crippen molar-refractivity contribution >= 4 is 41.3 Å². The Labute approximate surface area is 164 Å². The zero-order chi connectivity index (χ0) is 19.6. The SMILES string of the molecule is CC(C)(C)c1ccc(C(=O)N(S)C(=O)Nc2cccc3cccnc23)cc1. The summed E-state index contributed by atoms with van der Waals surface area (Å²) < 4.78 is 0.772. The van der Waals surface area contributed by atoms with E-state index in [0.717, 1.165) is 15.3 Å². The molecule has 0 saturated heterocycles. The lowest BCUT2D eigenvalue weighted by Crippen LogP contribution is -2.32. The summed E-state index contributed by atoms with van der Waals surface area (Å²) >= 11 is 4.09. The van der Waals surface area contributed by atoms with E-state index in [4.69, 9.17) is 0 Å². The van der Waals surface area contributed by atoms with Crippen LogP contribution in [0.3, 0.4) is 0 Å². The maximum absolute atomic E-state index is 12.6. The van der Waals surface area contributed by atoms with Crippen molar-refractivity contribution in [3.63, 3.8) is 0 Å². The first-order valence-electron chi connectivity index (χ1n) is 8.56. The first-order chi connectivity index (χ1) is 12.8. The van der Waals surface area contributed by atoms with Gasteiger partial charge in [0.05, 0.1) is 11.2 Å². The second kappa shape index (κ2) is 7.40. The van der Waals surface area contributed by atoms with Gasteiger partial charge in [0, 0.05) is 17.1 Å². The number of hydrogen-bond donors (Lipinski definition) is 2. The molecule has 0 bridgehead atoms. The van der Waals surface area contributed by atoms with Gasteiger partial charge in [-0.25, -0.2) is 9.10 Å². The van der Waals surface area contributed by atoms with Crippen molar-refractivity contribution < 1.29 is 9.59 Å². The van der Waals surface area contributed by atoms with Crippen LogP contribution in [0.15, 0.2) is 60.8 Å². The largest absolute Gasteiger partial charge is 0.339 e. The Kier molecular flexibility index (Phi) is 5.19. The van der Waals surface area contributed by atoms with Crippen LogP contribution in [-0.2, 0) is 5.41 Å². The summed E-state index contributed by atoms with van der Waals surface area (Å²) in [6, 6.07) is 15.7. The van der Waals surface area contributed by atoms with Gasteiger partial charge in [-0.2, -0.15) is 0 Å². The topological polar surface area (TPSA) is 62.3 Å². The van der Waals surface area contributed by atoms with Crippen LogP contribution in [0.2, 0.25) is 0 Å². The highest BCUT2D eigenvalue weighted by atomic mass is 32.1. The predicted molar refractivity (Wildman–Crippen MR) is 111 cm³/mol. The Hall–Kier alpha value is -2.86. The number of anilines is 1. The number of para-hydroxylation sites is 1. The zero-order valence-electron chi connectivity index (χ0n) is 15.4. The first-order valence-corrected chi connectivity index (χ1v) is 8.96. The molecule has 0 aliphatic rings. The quantitative estimate of drug-likeness (QED) is 0.612. The van der Waals surface area contributed by atoms with Gasteiger partial charge in [-0.3, -0.25) is 9.78 Å². The van der Waals surface area contributed by atoms with Gasteiger partial charge in [0.1, 0.15) is 0 Å². The highest BCUT2D eigenvalue weighted by Gasteiger charge is 2.21. The summed E-state index contributed by atoms with van der Waals surface area (Å²) in [5.74, 6) is -0.496. The lowest BCUT2D eigenvalue weighted by molar-refractivity contribution is 0.0901. The Morgan fingerprint density at radius 2 is 1.67 bits per heavy atom. The molecular formula is C21H21N3O2S. The lowest BCUT2D eigenvalue weighted by Gasteiger charge is -2.20. The Morgan fingerprint density at radius 1 is 1.00 bits per heavy atom. The molecule has 5 nitrogen and oxygen atoms in total. The molecule has 0 saturated carbocycles. The van der Waals surface area contributed by atoms with Crippen molar-refractivity contribution in [3.8, 4) is 0 Å². The van der Waals surface area contributed by atoms with E-state index in [-0.39, 0.29) is 5.41 Å². The average Bonchev–Trinajstić information content (AvgIpc) is 2.66. The maximum Gasteiger partial charge on any atom is 0.339 e. The van der Waals surface area contributed by atoms with Crippen LogP contribution in [0, 0.1) is 0 Å². The van der Waals surface area contributed by atoms with Crippen LogP contribution < -0.4 is 5.32 Å². The Bertz CT molecular complexity index is 989. The number of benzene rings is 2. The smallest absolute Gasteiger partial charge is 0.305 e. The van der Waals surface area contributed by atoms with Gasteiger partial charge in [-0.1, -0.05) is 63.9 Å². The third-order valence-electron chi connectivity index (χ3n) is 4.26. The standard InChI is InChI=1S/C21H21N3O2S/c1-21(2,3)16-11-9-15(10-12-16)19(25)24(27)20(26)23-17-8-4-6-14-7-5-13-22-18(14)17/h4-13,27H,1-3H3,(H,23,26). The molecule has 138 valence electrons. The number of aromatic nitrogens is 1. The van der Waals surface area contributed by atoms with Crippen LogP contribution in [-0.4, -0.2) is 21.2 Å². The van der Waals surface area contributed by atoms with Crippen LogP contribution in [0.1, 0.15) is 36.7 Å².